The van der Waals surface area contributed by atoms with Gasteiger partial charge in [-0.25, -0.2) is 0 Å². The molecule has 2 nitrogen and oxygen atoms in total. The summed E-state index contributed by atoms with van der Waals surface area (Å²) in [6.07, 6.45) is 3.82. The van der Waals surface area contributed by atoms with E-state index >= 15 is 0 Å². The second kappa shape index (κ2) is 7.04. The van der Waals surface area contributed by atoms with Crippen LogP contribution in [-0.2, 0) is 0 Å². The maximum atomic E-state index is 6.18. The van der Waals surface area contributed by atoms with E-state index in [-0.39, 0.29) is 0 Å². The summed E-state index contributed by atoms with van der Waals surface area (Å²) in [4.78, 5) is 0. The Bertz CT molecular complexity index is 466. The van der Waals surface area contributed by atoms with Gasteiger partial charge in [-0.2, -0.15) is 0 Å². The van der Waals surface area contributed by atoms with Crippen molar-refractivity contribution in [2.24, 2.45) is 11.8 Å². The van der Waals surface area contributed by atoms with Crippen molar-refractivity contribution in [1.82, 2.24) is 0 Å². The van der Waals surface area contributed by atoms with Gasteiger partial charge in [-0.3, -0.25) is 0 Å². The minimum atomic E-state index is 0.489. The molecule has 4 heteroatoms. The molecule has 1 fully saturated rings. The van der Waals surface area contributed by atoms with Crippen molar-refractivity contribution in [2.75, 3.05) is 11.9 Å². The SMILES string of the molecule is CCOc1c(Br)cc(Cl)cc1NC1CC(C)CCC1C. The van der Waals surface area contributed by atoms with E-state index < -0.39 is 0 Å². The van der Waals surface area contributed by atoms with Crippen LogP contribution in [0.1, 0.15) is 40.0 Å². The molecule has 20 heavy (non-hydrogen) atoms. The van der Waals surface area contributed by atoms with Gasteiger partial charge >= 0.3 is 0 Å². The Balaban J connectivity index is 2.22. The molecule has 1 saturated carbocycles. The second-order valence-corrected chi connectivity index (χ2v) is 7.13. The highest BCUT2D eigenvalue weighted by atomic mass is 79.9. The predicted octanol–water partition coefficient (Wildman–Crippen LogP) is 5.74. The zero-order valence-corrected chi connectivity index (χ0v) is 14.7. The maximum Gasteiger partial charge on any atom is 0.156 e. The molecule has 1 N–H and O–H groups in total. The summed E-state index contributed by atoms with van der Waals surface area (Å²) in [5.41, 5.74) is 0.997. The maximum absolute atomic E-state index is 6.18. The van der Waals surface area contributed by atoms with Crippen LogP contribution < -0.4 is 10.1 Å². The standard InChI is InChI=1S/C16H23BrClNO/c1-4-20-16-13(17)8-12(18)9-15(16)19-14-7-10(2)5-6-11(14)3/h8-11,14,19H,4-7H2,1-3H3. The van der Waals surface area contributed by atoms with Crippen molar-refractivity contribution in [3.8, 4) is 5.75 Å². The second-order valence-electron chi connectivity index (χ2n) is 5.84. The molecule has 112 valence electrons. The highest BCUT2D eigenvalue weighted by molar-refractivity contribution is 9.10. The first-order chi connectivity index (χ1) is 9.51. The van der Waals surface area contributed by atoms with Gasteiger partial charge in [-0.15, -0.1) is 0 Å². The van der Waals surface area contributed by atoms with Crippen LogP contribution in [0.25, 0.3) is 0 Å². The molecule has 3 atom stereocenters. The number of anilines is 1. The van der Waals surface area contributed by atoms with Crippen LogP contribution in [0.3, 0.4) is 0 Å². The average molecular weight is 361 g/mol. The lowest BCUT2D eigenvalue weighted by Crippen LogP contribution is -2.33. The molecular weight excluding hydrogens is 338 g/mol. The van der Waals surface area contributed by atoms with Crippen molar-refractivity contribution in [2.45, 2.75) is 46.1 Å². The van der Waals surface area contributed by atoms with Gasteiger partial charge in [0, 0.05) is 11.1 Å². The van der Waals surface area contributed by atoms with Crippen LogP contribution in [-0.4, -0.2) is 12.6 Å². The van der Waals surface area contributed by atoms with E-state index in [4.69, 9.17) is 16.3 Å². The van der Waals surface area contributed by atoms with Crippen LogP contribution in [0.5, 0.6) is 5.75 Å². The third-order valence-electron chi connectivity index (χ3n) is 4.10. The van der Waals surface area contributed by atoms with Gasteiger partial charge in [-0.05, 0) is 59.7 Å². The summed E-state index contributed by atoms with van der Waals surface area (Å²) in [6.45, 7) is 7.29. The molecule has 3 unspecified atom stereocenters. The zero-order valence-electron chi connectivity index (χ0n) is 12.4. The molecule has 0 aliphatic heterocycles. The number of nitrogens with one attached hydrogen (secondary N) is 1. The number of hydrogen-bond donors (Lipinski definition) is 1. The minimum Gasteiger partial charge on any atom is -0.491 e. The lowest BCUT2D eigenvalue weighted by atomic mass is 9.80. The highest BCUT2D eigenvalue weighted by Gasteiger charge is 2.26. The minimum absolute atomic E-state index is 0.489. The third-order valence-corrected chi connectivity index (χ3v) is 4.90. The van der Waals surface area contributed by atoms with Crippen molar-refractivity contribution < 1.29 is 4.74 Å². The molecular formula is C16H23BrClNO. The monoisotopic (exact) mass is 359 g/mol. The fourth-order valence-corrected chi connectivity index (χ4v) is 3.82. The Kier molecular flexibility index (Phi) is 5.62. The van der Waals surface area contributed by atoms with Gasteiger partial charge in [0.2, 0.25) is 0 Å². The van der Waals surface area contributed by atoms with Crippen molar-refractivity contribution in [3.63, 3.8) is 0 Å². The largest absolute Gasteiger partial charge is 0.491 e. The number of benzene rings is 1. The average Bonchev–Trinajstić information content (AvgIpc) is 2.38. The number of rotatable bonds is 4. The first-order valence-electron chi connectivity index (χ1n) is 7.39. The third kappa shape index (κ3) is 3.82. The predicted molar refractivity (Wildman–Crippen MR) is 89.9 cm³/mol. The molecule has 1 aromatic rings. The summed E-state index contributed by atoms with van der Waals surface area (Å²) in [6, 6.07) is 4.33. The number of hydrogen-bond acceptors (Lipinski definition) is 2. The van der Waals surface area contributed by atoms with E-state index in [2.05, 4.69) is 35.1 Å². The van der Waals surface area contributed by atoms with Crippen LogP contribution in [0, 0.1) is 11.8 Å². The van der Waals surface area contributed by atoms with Crippen LogP contribution in [0.4, 0.5) is 5.69 Å². The molecule has 1 aromatic carbocycles. The van der Waals surface area contributed by atoms with Gasteiger partial charge in [0.1, 0.15) is 0 Å². The molecule has 2 rings (SSSR count). The molecule has 0 spiro atoms. The van der Waals surface area contributed by atoms with E-state index in [9.17, 15) is 0 Å². The van der Waals surface area contributed by atoms with Crippen LogP contribution >= 0.6 is 27.5 Å². The Morgan fingerprint density at radius 2 is 2.10 bits per heavy atom. The first kappa shape index (κ1) is 16.0. The van der Waals surface area contributed by atoms with Gasteiger partial charge < -0.3 is 10.1 Å². The van der Waals surface area contributed by atoms with E-state index in [0.29, 0.717) is 18.6 Å². The van der Waals surface area contributed by atoms with E-state index in [1.54, 1.807) is 0 Å². The molecule has 0 saturated heterocycles. The van der Waals surface area contributed by atoms with E-state index in [1.165, 1.54) is 19.3 Å². The summed E-state index contributed by atoms with van der Waals surface area (Å²) >= 11 is 9.72. The van der Waals surface area contributed by atoms with E-state index in [0.717, 1.165) is 26.9 Å². The van der Waals surface area contributed by atoms with E-state index in [1.807, 2.05) is 19.1 Å². The molecule has 0 bridgehead atoms. The number of halogens is 2. The Morgan fingerprint density at radius 1 is 1.35 bits per heavy atom. The topological polar surface area (TPSA) is 21.3 Å². The molecule has 0 radical (unpaired) electrons. The Hall–Kier alpha value is -0.410. The summed E-state index contributed by atoms with van der Waals surface area (Å²) < 4.78 is 6.67. The molecule has 0 aromatic heterocycles. The molecule has 0 heterocycles. The van der Waals surface area contributed by atoms with Gasteiger partial charge in [0.15, 0.2) is 5.75 Å². The fraction of sp³-hybridized carbons (Fsp3) is 0.625. The van der Waals surface area contributed by atoms with Gasteiger partial charge in [-0.1, -0.05) is 31.9 Å². The smallest absolute Gasteiger partial charge is 0.156 e. The quantitative estimate of drug-likeness (QED) is 0.739. The molecule has 1 aliphatic rings. The lowest BCUT2D eigenvalue weighted by Gasteiger charge is -2.34. The van der Waals surface area contributed by atoms with Crippen molar-refractivity contribution >= 4 is 33.2 Å². The first-order valence-corrected chi connectivity index (χ1v) is 8.56. The lowest BCUT2D eigenvalue weighted by molar-refractivity contribution is 0.279. The summed E-state index contributed by atoms with van der Waals surface area (Å²) in [7, 11) is 0. The van der Waals surface area contributed by atoms with Gasteiger partial charge in [0.25, 0.3) is 0 Å². The summed E-state index contributed by atoms with van der Waals surface area (Å²) in [5, 5.41) is 4.38. The normalized spacial score (nSPS) is 26.4. The fourth-order valence-electron chi connectivity index (χ4n) is 2.89. The van der Waals surface area contributed by atoms with Crippen LogP contribution in [0.2, 0.25) is 5.02 Å². The van der Waals surface area contributed by atoms with Crippen molar-refractivity contribution in [1.29, 1.82) is 0 Å². The zero-order chi connectivity index (χ0) is 14.7. The highest BCUT2D eigenvalue weighted by Crippen LogP contribution is 2.39. The van der Waals surface area contributed by atoms with Gasteiger partial charge in [0.05, 0.1) is 16.8 Å². The van der Waals surface area contributed by atoms with Crippen molar-refractivity contribution in [3.05, 3.63) is 21.6 Å². The molecule has 0 amide bonds. The molecule has 1 aliphatic carbocycles. The Labute approximate surface area is 135 Å². The van der Waals surface area contributed by atoms with Crippen LogP contribution in [0.15, 0.2) is 16.6 Å². The Morgan fingerprint density at radius 3 is 2.80 bits per heavy atom. The summed E-state index contributed by atoms with van der Waals surface area (Å²) in [5.74, 6) is 2.32. The number of ether oxygens (including phenoxy) is 1.